The molecule has 5 rings (SSSR count). The Labute approximate surface area is 148 Å². The number of likely N-dealkylation sites (N-methyl/N-ethyl adjacent to an activating group) is 1. The topological polar surface area (TPSA) is 58.3 Å². The summed E-state index contributed by atoms with van der Waals surface area (Å²) in [5, 5.41) is 8.90. The van der Waals surface area contributed by atoms with Gasteiger partial charge in [0, 0.05) is 25.0 Å². The van der Waals surface area contributed by atoms with Crippen LogP contribution in [0.5, 0.6) is 0 Å². The SMILES string of the molecule is CN(Cc1ncc(C2CC2)o1)C1CN(c2cc3c(nn2)CCCC3)C1. The maximum absolute atomic E-state index is 5.88. The minimum atomic E-state index is 0.522. The third-order valence-corrected chi connectivity index (χ3v) is 5.80. The molecule has 1 saturated heterocycles. The molecule has 6 nitrogen and oxygen atoms in total. The molecule has 6 heteroatoms. The van der Waals surface area contributed by atoms with Gasteiger partial charge in [-0.25, -0.2) is 4.98 Å². The van der Waals surface area contributed by atoms with Crippen LogP contribution < -0.4 is 4.90 Å². The summed E-state index contributed by atoms with van der Waals surface area (Å²) in [6.07, 6.45) is 9.20. The minimum Gasteiger partial charge on any atom is -0.444 e. The molecule has 2 aliphatic carbocycles. The summed E-state index contributed by atoms with van der Waals surface area (Å²) in [5.41, 5.74) is 2.61. The number of hydrogen-bond acceptors (Lipinski definition) is 6. The highest BCUT2D eigenvalue weighted by Gasteiger charge is 2.33. The summed E-state index contributed by atoms with van der Waals surface area (Å²) < 4.78 is 5.88. The Balaban J connectivity index is 1.18. The van der Waals surface area contributed by atoms with Gasteiger partial charge < -0.3 is 9.32 Å². The van der Waals surface area contributed by atoms with Crippen molar-refractivity contribution in [1.82, 2.24) is 20.1 Å². The van der Waals surface area contributed by atoms with Crippen LogP contribution in [0.2, 0.25) is 0 Å². The maximum atomic E-state index is 5.88. The molecule has 0 atom stereocenters. The highest BCUT2D eigenvalue weighted by Crippen LogP contribution is 2.40. The first-order chi connectivity index (χ1) is 12.3. The van der Waals surface area contributed by atoms with Crippen LogP contribution in [0.1, 0.15) is 54.5 Å². The molecular formula is C19H25N5O. The fourth-order valence-electron chi connectivity index (χ4n) is 3.85. The monoisotopic (exact) mass is 339 g/mol. The molecule has 25 heavy (non-hydrogen) atoms. The number of aromatic nitrogens is 3. The van der Waals surface area contributed by atoms with Crippen molar-refractivity contribution in [3.63, 3.8) is 0 Å². The lowest BCUT2D eigenvalue weighted by molar-refractivity contribution is 0.179. The molecule has 0 bridgehead atoms. The average molecular weight is 339 g/mol. The van der Waals surface area contributed by atoms with Crippen LogP contribution in [0, 0.1) is 0 Å². The molecule has 0 spiro atoms. The van der Waals surface area contributed by atoms with E-state index >= 15 is 0 Å². The molecule has 3 heterocycles. The Morgan fingerprint density at radius 1 is 1.20 bits per heavy atom. The number of oxazole rings is 1. The molecule has 0 amide bonds. The van der Waals surface area contributed by atoms with Gasteiger partial charge >= 0.3 is 0 Å². The van der Waals surface area contributed by atoms with Crippen LogP contribution in [-0.4, -0.2) is 46.3 Å². The molecule has 0 aromatic carbocycles. The van der Waals surface area contributed by atoms with Gasteiger partial charge in [-0.3, -0.25) is 4.90 Å². The van der Waals surface area contributed by atoms with Gasteiger partial charge in [0.1, 0.15) is 5.76 Å². The zero-order valence-electron chi connectivity index (χ0n) is 14.8. The molecule has 1 aliphatic heterocycles. The average Bonchev–Trinajstić information content (AvgIpc) is 3.33. The van der Waals surface area contributed by atoms with Crippen molar-refractivity contribution in [3.05, 3.63) is 35.2 Å². The Hall–Kier alpha value is -1.95. The van der Waals surface area contributed by atoms with E-state index < -0.39 is 0 Å². The fourth-order valence-corrected chi connectivity index (χ4v) is 3.85. The van der Waals surface area contributed by atoms with Crippen LogP contribution in [-0.2, 0) is 19.4 Å². The third kappa shape index (κ3) is 3.03. The van der Waals surface area contributed by atoms with Gasteiger partial charge in [-0.2, -0.15) is 5.10 Å². The standard InChI is InChI=1S/C19H25N5O/c1-23(12-19-20-9-17(25-19)13-6-7-13)15-10-24(11-15)18-8-14-4-2-3-5-16(14)21-22-18/h8-9,13,15H,2-7,10-12H2,1H3. The number of aryl methyl sites for hydroxylation is 2. The van der Waals surface area contributed by atoms with E-state index in [4.69, 9.17) is 4.42 Å². The summed E-state index contributed by atoms with van der Waals surface area (Å²) in [6, 6.07) is 2.78. The lowest BCUT2D eigenvalue weighted by atomic mass is 9.96. The Morgan fingerprint density at radius 2 is 2.04 bits per heavy atom. The first-order valence-electron chi connectivity index (χ1n) is 9.51. The summed E-state index contributed by atoms with van der Waals surface area (Å²) >= 11 is 0. The Morgan fingerprint density at radius 3 is 2.88 bits per heavy atom. The third-order valence-electron chi connectivity index (χ3n) is 5.80. The Bertz CT molecular complexity index is 763. The largest absolute Gasteiger partial charge is 0.444 e. The van der Waals surface area contributed by atoms with E-state index in [9.17, 15) is 0 Å². The lowest BCUT2D eigenvalue weighted by Gasteiger charge is -2.44. The quantitative estimate of drug-likeness (QED) is 0.834. The van der Waals surface area contributed by atoms with Gasteiger partial charge in [-0.1, -0.05) is 0 Å². The number of nitrogens with zero attached hydrogens (tertiary/aromatic N) is 5. The van der Waals surface area contributed by atoms with Crippen LogP contribution in [0.25, 0.3) is 0 Å². The van der Waals surface area contributed by atoms with E-state index in [-0.39, 0.29) is 0 Å². The zero-order valence-corrected chi connectivity index (χ0v) is 14.8. The summed E-state index contributed by atoms with van der Waals surface area (Å²) in [4.78, 5) is 9.11. The van der Waals surface area contributed by atoms with Gasteiger partial charge in [0.05, 0.1) is 18.4 Å². The molecule has 0 radical (unpaired) electrons. The van der Waals surface area contributed by atoms with Crippen molar-refractivity contribution >= 4 is 5.82 Å². The van der Waals surface area contributed by atoms with Crippen molar-refractivity contribution in [2.75, 3.05) is 25.0 Å². The molecule has 2 fully saturated rings. The fraction of sp³-hybridized carbons (Fsp3) is 0.632. The molecule has 2 aromatic rings. The van der Waals surface area contributed by atoms with Gasteiger partial charge in [0.15, 0.2) is 5.82 Å². The zero-order chi connectivity index (χ0) is 16.8. The second-order valence-corrected chi connectivity index (χ2v) is 7.79. The van der Waals surface area contributed by atoms with Gasteiger partial charge in [-0.05, 0) is 57.2 Å². The second kappa shape index (κ2) is 6.09. The molecule has 2 aromatic heterocycles. The maximum Gasteiger partial charge on any atom is 0.208 e. The van der Waals surface area contributed by atoms with Gasteiger partial charge in [0.2, 0.25) is 5.89 Å². The van der Waals surface area contributed by atoms with Crippen LogP contribution in [0.3, 0.4) is 0 Å². The van der Waals surface area contributed by atoms with Crippen LogP contribution in [0.4, 0.5) is 5.82 Å². The molecule has 0 unspecified atom stereocenters. The lowest BCUT2D eigenvalue weighted by Crippen LogP contribution is -2.58. The second-order valence-electron chi connectivity index (χ2n) is 7.79. The summed E-state index contributed by atoms with van der Waals surface area (Å²) in [5.74, 6) is 3.59. The van der Waals surface area contributed by atoms with E-state index in [0.29, 0.717) is 12.0 Å². The van der Waals surface area contributed by atoms with E-state index in [1.165, 1.54) is 36.9 Å². The molecule has 1 saturated carbocycles. The van der Waals surface area contributed by atoms with Crippen molar-refractivity contribution in [3.8, 4) is 0 Å². The minimum absolute atomic E-state index is 0.522. The molecule has 132 valence electrons. The predicted octanol–water partition coefficient (Wildman–Crippen LogP) is 2.54. The van der Waals surface area contributed by atoms with Crippen molar-refractivity contribution < 1.29 is 4.42 Å². The highest BCUT2D eigenvalue weighted by molar-refractivity contribution is 5.45. The normalized spacial score (nSPS) is 20.6. The molecule has 0 N–H and O–H groups in total. The van der Waals surface area contributed by atoms with E-state index in [0.717, 1.165) is 49.9 Å². The summed E-state index contributed by atoms with van der Waals surface area (Å²) in [6.45, 7) is 2.78. The van der Waals surface area contributed by atoms with E-state index in [2.05, 4.69) is 38.1 Å². The smallest absolute Gasteiger partial charge is 0.208 e. The van der Waals surface area contributed by atoms with Crippen molar-refractivity contribution in [2.24, 2.45) is 0 Å². The van der Waals surface area contributed by atoms with E-state index in [1.54, 1.807) is 0 Å². The number of rotatable bonds is 5. The van der Waals surface area contributed by atoms with Crippen molar-refractivity contribution in [1.29, 1.82) is 0 Å². The Kier molecular flexibility index (Phi) is 3.73. The van der Waals surface area contributed by atoms with Crippen molar-refractivity contribution in [2.45, 2.75) is 57.0 Å². The molecule has 3 aliphatic rings. The van der Waals surface area contributed by atoms with Gasteiger partial charge in [-0.15, -0.1) is 5.10 Å². The molecular weight excluding hydrogens is 314 g/mol. The number of anilines is 1. The summed E-state index contributed by atoms with van der Waals surface area (Å²) in [7, 11) is 2.15. The van der Waals surface area contributed by atoms with E-state index in [1.807, 2.05) is 6.20 Å². The van der Waals surface area contributed by atoms with Crippen LogP contribution in [0.15, 0.2) is 16.7 Å². The van der Waals surface area contributed by atoms with Gasteiger partial charge in [0.25, 0.3) is 0 Å². The van der Waals surface area contributed by atoms with Crippen LogP contribution >= 0.6 is 0 Å². The highest BCUT2D eigenvalue weighted by atomic mass is 16.4. The first kappa shape index (κ1) is 15.3. The number of hydrogen-bond donors (Lipinski definition) is 0. The first-order valence-corrected chi connectivity index (χ1v) is 9.51. The predicted molar refractivity (Wildman–Crippen MR) is 94.6 cm³/mol. The number of fused-ring (bicyclic) bond motifs is 1.